The lowest BCUT2D eigenvalue weighted by Gasteiger charge is -2.39. The van der Waals surface area contributed by atoms with Crippen molar-refractivity contribution in [3.05, 3.63) is 29.8 Å². The van der Waals surface area contributed by atoms with Crippen LogP contribution in [0.1, 0.15) is 38.7 Å². The second kappa shape index (κ2) is 7.28. The first-order chi connectivity index (χ1) is 9.70. The molecule has 2 unspecified atom stereocenters. The van der Waals surface area contributed by atoms with Crippen molar-refractivity contribution in [2.24, 2.45) is 0 Å². The first-order valence-corrected chi connectivity index (χ1v) is 7.31. The maximum atomic E-state index is 8.53. The molecule has 1 heterocycles. The summed E-state index contributed by atoms with van der Waals surface area (Å²) in [7, 11) is 0. The third-order valence-corrected chi connectivity index (χ3v) is 3.86. The highest BCUT2D eigenvalue weighted by molar-refractivity contribution is 5.28. The Morgan fingerprint density at radius 1 is 1.35 bits per heavy atom. The molecule has 108 valence electrons. The number of benzene rings is 1. The fraction of sp³-hybridized carbons (Fsp3) is 0.562. The molecule has 1 aromatic rings. The van der Waals surface area contributed by atoms with Gasteiger partial charge in [0.15, 0.2) is 6.61 Å². The van der Waals surface area contributed by atoms with Crippen molar-refractivity contribution >= 4 is 0 Å². The third kappa shape index (κ3) is 3.96. The van der Waals surface area contributed by atoms with Crippen LogP contribution in [0.3, 0.4) is 0 Å². The standard InChI is InChI=1S/C16H23N3O/c1-13-5-3-6-14(2)19(13)18-12-15-7-4-8-16(11-15)20-10-9-17/h4,7-8,11,13-14,18H,3,5-6,10,12H2,1-2H3. The highest BCUT2D eigenvalue weighted by Gasteiger charge is 2.23. The number of ether oxygens (including phenoxy) is 1. The molecule has 0 bridgehead atoms. The van der Waals surface area contributed by atoms with Gasteiger partial charge in [0.1, 0.15) is 11.8 Å². The minimum atomic E-state index is 0.0943. The van der Waals surface area contributed by atoms with Crippen molar-refractivity contribution in [1.29, 1.82) is 5.26 Å². The molecule has 1 N–H and O–H groups in total. The van der Waals surface area contributed by atoms with E-state index in [-0.39, 0.29) is 6.61 Å². The molecule has 2 rings (SSSR count). The topological polar surface area (TPSA) is 48.3 Å². The number of piperidine rings is 1. The zero-order chi connectivity index (χ0) is 14.4. The average molecular weight is 273 g/mol. The maximum Gasteiger partial charge on any atom is 0.174 e. The summed E-state index contributed by atoms with van der Waals surface area (Å²) in [4.78, 5) is 0. The second-order valence-corrected chi connectivity index (χ2v) is 5.47. The highest BCUT2D eigenvalue weighted by atomic mass is 16.5. The number of hydrazine groups is 1. The van der Waals surface area contributed by atoms with E-state index in [1.54, 1.807) is 0 Å². The predicted octanol–water partition coefficient (Wildman–Crippen LogP) is 2.86. The summed E-state index contributed by atoms with van der Waals surface area (Å²) in [5.74, 6) is 0.755. The second-order valence-electron chi connectivity index (χ2n) is 5.47. The number of nitrogens with one attached hydrogen (secondary N) is 1. The van der Waals surface area contributed by atoms with Crippen LogP contribution in [0.4, 0.5) is 0 Å². The molecule has 1 aliphatic heterocycles. The summed E-state index contributed by atoms with van der Waals surface area (Å²) in [6.45, 7) is 5.43. The minimum absolute atomic E-state index is 0.0943. The number of nitrogens with zero attached hydrogens (tertiary/aromatic N) is 2. The number of rotatable bonds is 5. The van der Waals surface area contributed by atoms with Gasteiger partial charge in [0.2, 0.25) is 0 Å². The van der Waals surface area contributed by atoms with Gasteiger partial charge in [-0.1, -0.05) is 18.6 Å². The zero-order valence-electron chi connectivity index (χ0n) is 12.3. The quantitative estimate of drug-likeness (QED) is 0.896. The van der Waals surface area contributed by atoms with Crippen molar-refractivity contribution in [1.82, 2.24) is 10.4 Å². The highest BCUT2D eigenvalue weighted by Crippen LogP contribution is 2.21. The van der Waals surface area contributed by atoms with Crippen LogP contribution in [0.2, 0.25) is 0 Å². The van der Waals surface area contributed by atoms with Crippen LogP contribution >= 0.6 is 0 Å². The van der Waals surface area contributed by atoms with Gasteiger partial charge in [-0.25, -0.2) is 5.01 Å². The predicted molar refractivity (Wildman–Crippen MR) is 79.0 cm³/mol. The van der Waals surface area contributed by atoms with Crippen LogP contribution < -0.4 is 10.2 Å². The van der Waals surface area contributed by atoms with Gasteiger partial charge in [0, 0.05) is 18.6 Å². The molecule has 0 saturated carbocycles. The number of nitriles is 1. The Labute approximate surface area is 121 Å². The van der Waals surface area contributed by atoms with Gasteiger partial charge in [-0.05, 0) is 44.4 Å². The summed E-state index contributed by atoms with van der Waals surface area (Å²) in [5, 5.41) is 10.9. The molecule has 0 spiro atoms. The van der Waals surface area contributed by atoms with E-state index >= 15 is 0 Å². The molecule has 20 heavy (non-hydrogen) atoms. The van der Waals surface area contributed by atoms with Gasteiger partial charge in [0.25, 0.3) is 0 Å². The molecular weight excluding hydrogens is 250 g/mol. The largest absolute Gasteiger partial charge is 0.479 e. The van der Waals surface area contributed by atoms with E-state index in [9.17, 15) is 0 Å². The van der Waals surface area contributed by atoms with Crippen LogP contribution in [0, 0.1) is 11.3 Å². The van der Waals surface area contributed by atoms with Gasteiger partial charge in [-0.3, -0.25) is 5.43 Å². The summed E-state index contributed by atoms with van der Waals surface area (Å²) in [6, 6.07) is 11.1. The van der Waals surface area contributed by atoms with Gasteiger partial charge >= 0.3 is 0 Å². The smallest absolute Gasteiger partial charge is 0.174 e. The Bertz CT molecular complexity index is 459. The van der Waals surface area contributed by atoms with Crippen molar-refractivity contribution in [2.45, 2.75) is 51.7 Å². The Hall–Kier alpha value is -1.57. The van der Waals surface area contributed by atoms with E-state index in [1.165, 1.54) is 24.8 Å². The van der Waals surface area contributed by atoms with Gasteiger partial charge in [0.05, 0.1) is 0 Å². The summed E-state index contributed by atoms with van der Waals surface area (Å²) < 4.78 is 5.33. The van der Waals surface area contributed by atoms with Crippen molar-refractivity contribution in [3.8, 4) is 11.8 Å². The molecular formula is C16H23N3O. The number of hydrogen-bond acceptors (Lipinski definition) is 4. The Morgan fingerprint density at radius 2 is 2.10 bits per heavy atom. The third-order valence-electron chi connectivity index (χ3n) is 3.86. The molecule has 0 aliphatic carbocycles. The molecule has 0 amide bonds. The van der Waals surface area contributed by atoms with Crippen LogP contribution in [-0.2, 0) is 6.54 Å². The molecule has 0 radical (unpaired) electrons. The fourth-order valence-electron chi connectivity index (χ4n) is 2.78. The minimum Gasteiger partial charge on any atom is -0.479 e. The van der Waals surface area contributed by atoms with Crippen LogP contribution in [0.15, 0.2) is 24.3 Å². The van der Waals surface area contributed by atoms with Gasteiger partial charge < -0.3 is 4.74 Å². The molecule has 4 heteroatoms. The summed E-state index contributed by atoms with van der Waals surface area (Å²) in [5.41, 5.74) is 4.71. The Kier molecular flexibility index (Phi) is 5.40. The van der Waals surface area contributed by atoms with Crippen LogP contribution in [0.25, 0.3) is 0 Å². The Morgan fingerprint density at radius 3 is 2.80 bits per heavy atom. The summed E-state index contributed by atoms with van der Waals surface area (Å²) >= 11 is 0. The van der Waals surface area contributed by atoms with Gasteiger partial charge in [-0.15, -0.1) is 0 Å². The molecule has 0 aromatic heterocycles. The van der Waals surface area contributed by atoms with Crippen molar-refractivity contribution < 1.29 is 4.74 Å². The van der Waals surface area contributed by atoms with Crippen LogP contribution in [0.5, 0.6) is 5.75 Å². The first kappa shape index (κ1) is 14.8. The normalized spacial score (nSPS) is 23.2. The maximum absolute atomic E-state index is 8.53. The average Bonchev–Trinajstić information content (AvgIpc) is 2.45. The van der Waals surface area contributed by atoms with Crippen molar-refractivity contribution in [3.63, 3.8) is 0 Å². The van der Waals surface area contributed by atoms with Crippen molar-refractivity contribution in [2.75, 3.05) is 6.61 Å². The molecule has 1 fully saturated rings. The van der Waals surface area contributed by atoms with E-state index in [4.69, 9.17) is 10.00 Å². The molecule has 2 atom stereocenters. The summed E-state index contributed by atoms with van der Waals surface area (Å²) in [6.07, 6.45) is 3.82. The van der Waals surface area contributed by atoms with Crippen LogP contribution in [-0.4, -0.2) is 23.7 Å². The zero-order valence-corrected chi connectivity index (χ0v) is 12.3. The molecule has 1 aliphatic rings. The van der Waals surface area contributed by atoms with E-state index in [2.05, 4.69) is 30.3 Å². The monoisotopic (exact) mass is 273 g/mol. The lowest BCUT2D eigenvalue weighted by Crippen LogP contribution is -2.51. The van der Waals surface area contributed by atoms with E-state index in [0.29, 0.717) is 12.1 Å². The Balaban J connectivity index is 1.91. The van der Waals surface area contributed by atoms with Gasteiger partial charge in [-0.2, -0.15) is 5.26 Å². The van der Waals surface area contributed by atoms with E-state index < -0.39 is 0 Å². The lowest BCUT2D eigenvalue weighted by molar-refractivity contribution is 0.0435. The number of hydrogen-bond donors (Lipinski definition) is 1. The van der Waals surface area contributed by atoms with E-state index in [1.807, 2.05) is 24.3 Å². The molecule has 1 saturated heterocycles. The molecule has 4 nitrogen and oxygen atoms in total. The SMILES string of the molecule is CC1CCCC(C)N1NCc1cccc(OCC#N)c1. The molecule has 1 aromatic carbocycles. The lowest BCUT2D eigenvalue weighted by atomic mass is 10.00. The first-order valence-electron chi connectivity index (χ1n) is 7.31. The van der Waals surface area contributed by atoms with E-state index in [0.717, 1.165) is 12.3 Å². The fourth-order valence-corrected chi connectivity index (χ4v) is 2.78.